The summed E-state index contributed by atoms with van der Waals surface area (Å²) >= 11 is 3.17. The number of rotatable bonds is 2. The first-order chi connectivity index (χ1) is 9.58. The molecule has 1 aromatic carbocycles. The molecule has 0 saturated carbocycles. The third kappa shape index (κ3) is 2.50. The van der Waals surface area contributed by atoms with Crippen LogP contribution in [0.15, 0.2) is 27.2 Å². The molecule has 20 heavy (non-hydrogen) atoms. The number of halogens is 2. The average Bonchev–Trinajstić information content (AvgIpc) is 2.93. The second kappa shape index (κ2) is 5.26. The molecule has 3 rings (SSSR count). The van der Waals surface area contributed by atoms with Crippen LogP contribution in [0.2, 0.25) is 0 Å². The van der Waals surface area contributed by atoms with Gasteiger partial charge in [0.05, 0.1) is 4.47 Å². The zero-order valence-electron chi connectivity index (χ0n) is 11.1. The highest BCUT2D eigenvalue weighted by atomic mass is 79.9. The predicted molar refractivity (Wildman–Crippen MR) is 76.8 cm³/mol. The Morgan fingerprint density at radius 1 is 1.35 bits per heavy atom. The number of piperidine rings is 1. The Hall–Kier alpha value is -1.27. The molecule has 0 atom stereocenters. The van der Waals surface area contributed by atoms with Crippen LogP contribution >= 0.6 is 15.9 Å². The highest BCUT2D eigenvalue weighted by Gasteiger charge is 2.34. The van der Waals surface area contributed by atoms with Crippen LogP contribution in [0.25, 0.3) is 11.4 Å². The summed E-state index contributed by atoms with van der Waals surface area (Å²) < 4.78 is 19.1. The van der Waals surface area contributed by atoms with Gasteiger partial charge in [0.15, 0.2) is 0 Å². The molecule has 1 saturated heterocycles. The van der Waals surface area contributed by atoms with Crippen LogP contribution in [0.5, 0.6) is 0 Å². The molecule has 0 amide bonds. The Kier molecular flexibility index (Phi) is 3.60. The van der Waals surface area contributed by atoms with E-state index in [1.54, 1.807) is 12.1 Å². The van der Waals surface area contributed by atoms with Gasteiger partial charge in [-0.1, -0.05) is 12.1 Å². The van der Waals surface area contributed by atoms with Crippen molar-refractivity contribution in [3.63, 3.8) is 0 Å². The summed E-state index contributed by atoms with van der Waals surface area (Å²) in [5.74, 6) is 0.859. The summed E-state index contributed by atoms with van der Waals surface area (Å²) in [6, 6.07) is 4.70. The monoisotopic (exact) mass is 339 g/mol. The van der Waals surface area contributed by atoms with Crippen molar-refractivity contribution in [2.75, 3.05) is 13.1 Å². The average molecular weight is 340 g/mol. The third-order valence-corrected chi connectivity index (χ3v) is 4.43. The first-order valence-corrected chi connectivity index (χ1v) is 7.38. The molecule has 1 aliphatic rings. The molecule has 0 spiro atoms. The molecule has 1 aromatic heterocycles. The van der Waals surface area contributed by atoms with E-state index in [0.717, 1.165) is 31.5 Å². The third-order valence-electron chi connectivity index (χ3n) is 3.83. The van der Waals surface area contributed by atoms with Crippen LogP contribution in [0.3, 0.4) is 0 Å². The van der Waals surface area contributed by atoms with Gasteiger partial charge in [0.1, 0.15) is 5.82 Å². The zero-order chi connectivity index (χ0) is 14.2. The smallest absolute Gasteiger partial charge is 0.232 e. The fourth-order valence-corrected chi connectivity index (χ4v) is 2.79. The molecule has 0 bridgehead atoms. The van der Waals surface area contributed by atoms with E-state index in [1.807, 2.05) is 0 Å². The second-order valence-electron chi connectivity index (χ2n) is 5.36. The number of hydrogen-bond acceptors (Lipinski definition) is 4. The van der Waals surface area contributed by atoms with Gasteiger partial charge in [0.25, 0.3) is 0 Å². The lowest BCUT2D eigenvalue weighted by Gasteiger charge is -2.30. The van der Waals surface area contributed by atoms with Crippen LogP contribution in [0.1, 0.15) is 25.7 Å². The molecular formula is C14H15BrFN3O. The van der Waals surface area contributed by atoms with Crippen molar-refractivity contribution in [3.8, 4) is 11.4 Å². The molecule has 4 nitrogen and oxygen atoms in total. The van der Waals surface area contributed by atoms with E-state index in [4.69, 9.17) is 4.52 Å². The van der Waals surface area contributed by atoms with Crippen molar-refractivity contribution in [1.82, 2.24) is 15.5 Å². The minimum atomic E-state index is -0.303. The normalized spacial score (nSPS) is 18.1. The molecule has 2 aromatic rings. The molecule has 106 valence electrons. The van der Waals surface area contributed by atoms with Gasteiger partial charge in [0, 0.05) is 11.0 Å². The van der Waals surface area contributed by atoms with Crippen molar-refractivity contribution < 1.29 is 8.91 Å². The molecular weight excluding hydrogens is 325 g/mol. The Labute approximate surface area is 124 Å². The van der Waals surface area contributed by atoms with Crippen LogP contribution in [-0.2, 0) is 5.41 Å². The molecule has 0 aliphatic carbocycles. The van der Waals surface area contributed by atoms with Crippen molar-refractivity contribution in [1.29, 1.82) is 0 Å². The topological polar surface area (TPSA) is 51.0 Å². The quantitative estimate of drug-likeness (QED) is 0.912. The Balaban J connectivity index is 1.91. The van der Waals surface area contributed by atoms with E-state index in [-0.39, 0.29) is 11.2 Å². The molecule has 1 N–H and O–H groups in total. The van der Waals surface area contributed by atoms with Gasteiger partial charge < -0.3 is 9.84 Å². The lowest BCUT2D eigenvalue weighted by molar-refractivity contribution is 0.241. The van der Waals surface area contributed by atoms with Crippen molar-refractivity contribution >= 4 is 15.9 Å². The fourth-order valence-electron chi connectivity index (χ4n) is 2.41. The maximum atomic E-state index is 13.3. The maximum absolute atomic E-state index is 13.3. The van der Waals surface area contributed by atoms with Crippen LogP contribution in [0, 0.1) is 5.82 Å². The Morgan fingerprint density at radius 3 is 2.80 bits per heavy atom. The zero-order valence-corrected chi connectivity index (χ0v) is 12.7. The summed E-state index contributed by atoms with van der Waals surface area (Å²) in [5.41, 5.74) is 0.666. The Morgan fingerprint density at radius 2 is 2.10 bits per heavy atom. The highest BCUT2D eigenvalue weighted by Crippen LogP contribution is 2.33. The number of benzene rings is 1. The number of hydrogen-bond donors (Lipinski definition) is 1. The first kappa shape index (κ1) is 13.7. The van der Waals surface area contributed by atoms with Gasteiger partial charge >= 0.3 is 0 Å². The standard InChI is InChI=1S/C14H15BrFN3O/c1-14(4-6-17-7-5-14)13-18-12(19-20-13)9-2-3-11(16)10(15)8-9/h2-3,8,17H,4-7H2,1H3. The van der Waals surface area contributed by atoms with E-state index < -0.39 is 0 Å². The molecule has 1 fully saturated rings. The van der Waals surface area contributed by atoms with Crippen LogP contribution in [0.4, 0.5) is 4.39 Å². The van der Waals surface area contributed by atoms with Gasteiger partial charge in [-0.25, -0.2) is 4.39 Å². The highest BCUT2D eigenvalue weighted by molar-refractivity contribution is 9.10. The van der Waals surface area contributed by atoms with Gasteiger partial charge in [-0.15, -0.1) is 0 Å². The minimum absolute atomic E-state index is 0.0756. The van der Waals surface area contributed by atoms with Gasteiger partial charge in [-0.2, -0.15) is 4.98 Å². The molecule has 1 aliphatic heterocycles. The Bertz CT molecular complexity index is 623. The molecule has 0 radical (unpaired) electrons. The summed E-state index contributed by atoms with van der Waals surface area (Å²) in [4.78, 5) is 4.50. The van der Waals surface area contributed by atoms with Gasteiger partial charge in [0.2, 0.25) is 11.7 Å². The van der Waals surface area contributed by atoms with Crippen molar-refractivity contribution in [2.45, 2.75) is 25.2 Å². The van der Waals surface area contributed by atoms with Crippen molar-refractivity contribution in [2.24, 2.45) is 0 Å². The van der Waals surface area contributed by atoms with E-state index in [1.165, 1.54) is 6.07 Å². The van der Waals surface area contributed by atoms with Gasteiger partial charge in [-0.05, 0) is 60.1 Å². The fraction of sp³-hybridized carbons (Fsp3) is 0.429. The minimum Gasteiger partial charge on any atom is -0.338 e. The number of aromatic nitrogens is 2. The predicted octanol–water partition coefficient (Wildman–Crippen LogP) is 3.28. The van der Waals surface area contributed by atoms with Crippen molar-refractivity contribution in [3.05, 3.63) is 34.4 Å². The van der Waals surface area contributed by atoms with E-state index >= 15 is 0 Å². The van der Waals surface area contributed by atoms with Crippen LogP contribution in [-0.4, -0.2) is 23.2 Å². The number of nitrogens with zero attached hydrogens (tertiary/aromatic N) is 2. The molecule has 6 heteroatoms. The van der Waals surface area contributed by atoms with E-state index in [9.17, 15) is 4.39 Å². The largest absolute Gasteiger partial charge is 0.338 e. The molecule has 2 heterocycles. The first-order valence-electron chi connectivity index (χ1n) is 6.59. The van der Waals surface area contributed by atoms with Crippen LogP contribution < -0.4 is 5.32 Å². The number of nitrogens with one attached hydrogen (secondary N) is 1. The van der Waals surface area contributed by atoms with E-state index in [0.29, 0.717) is 16.2 Å². The summed E-state index contributed by atoms with van der Waals surface area (Å²) in [7, 11) is 0. The van der Waals surface area contributed by atoms with Gasteiger partial charge in [-0.3, -0.25) is 0 Å². The maximum Gasteiger partial charge on any atom is 0.232 e. The lowest BCUT2D eigenvalue weighted by atomic mass is 9.81. The van der Waals surface area contributed by atoms with E-state index in [2.05, 4.69) is 38.3 Å². The SMILES string of the molecule is CC1(c2nc(-c3ccc(F)c(Br)c3)no2)CCNCC1. The summed E-state index contributed by atoms with van der Waals surface area (Å²) in [6.07, 6.45) is 1.95. The summed E-state index contributed by atoms with van der Waals surface area (Å²) in [5, 5.41) is 7.35. The molecule has 0 unspecified atom stereocenters. The lowest BCUT2D eigenvalue weighted by Crippen LogP contribution is -2.37. The second-order valence-corrected chi connectivity index (χ2v) is 6.22. The summed E-state index contributed by atoms with van der Waals surface area (Å²) in [6.45, 7) is 4.05.